The monoisotopic (exact) mass is 250 g/mol. The van der Waals surface area contributed by atoms with Crippen LogP contribution in [0.5, 0.6) is 0 Å². The fourth-order valence-electron chi connectivity index (χ4n) is 2.73. The quantitative estimate of drug-likeness (QED) is 0.860. The number of halogens is 1. The molecule has 1 heterocycles. The first-order valence-electron chi connectivity index (χ1n) is 7.03. The Morgan fingerprint density at radius 2 is 2.06 bits per heavy atom. The second-order valence-electron chi connectivity index (χ2n) is 5.03. The number of hydrogen-bond acceptors (Lipinski definition) is 2. The van der Waals surface area contributed by atoms with Gasteiger partial charge in [0, 0.05) is 24.8 Å². The highest BCUT2D eigenvalue weighted by atomic mass is 19.1. The van der Waals surface area contributed by atoms with E-state index in [1.54, 1.807) is 12.1 Å². The summed E-state index contributed by atoms with van der Waals surface area (Å²) in [6, 6.07) is 7.34. The molecule has 1 atom stereocenters. The Kier molecular flexibility index (Phi) is 5.00. The third kappa shape index (κ3) is 3.70. The van der Waals surface area contributed by atoms with Gasteiger partial charge in [-0.25, -0.2) is 4.39 Å². The standard InChI is InChI=1S/C15H23FN2/c1-2-15-5-3-4-11-18(15)12-10-17-14-8-6-13(16)7-9-14/h6-9,15,17H,2-5,10-12H2,1H3. The number of likely N-dealkylation sites (tertiary alicyclic amines) is 1. The summed E-state index contributed by atoms with van der Waals surface area (Å²) in [5.74, 6) is -0.178. The van der Waals surface area contributed by atoms with Crippen LogP contribution >= 0.6 is 0 Å². The van der Waals surface area contributed by atoms with Gasteiger partial charge in [0.25, 0.3) is 0 Å². The normalized spacial score (nSPS) is 20.9. The molecule has 3 heteroatoms. The van der Waals surface area contributed by atoms with Gasteiger partial charge < -0.3 is 5.32 Å². The zero-order chi connectivity index (χ0) is 12.8. The van der Waals surface area contributed by atoms with E-state index in [2.05, 4.69) is 17.1 Å². The Morgan fingerprint density at radius 1 is 1.28 bits per heavy atom. The molecule has 1 aromatic rings. The van der Waals surface area contributed by atoms with Crippen LogP contribution in [0, 0.1) is 5.82 Å². The van der Waals surface area contributed by atoms with E-state index in [0.717, 1.165) is 24.8 Å². The highest BCUT2D eigenvalue weighted by molar-refractivity contribution is 5.42. The van der Waals surface area contributed by atoms with Gasteiger partial charge in [-0.05, 0) is 50.1 Å². The van der Waals surface area contributed by atoms with Crippen molar-refractivity contribution in [2.75, 3.05) is 25.0 Å². The zero-order valence-corrected chi connectivity index (χ0v) is 11.2. The average molecular weight is 250 g/mol. The Hall–Kier alpha value is -1.09. The molecule has 18 heavy (non-hydrogen) atoms. The SMILES string of the molecule is CCC1CCCCN1CCNc1ccc(F)cc1. The van der Waals surface area contributed by atoms with Gasteiger partial charge in [0.05, 0.1) is 0 Å². The van der Waals surface area contributed by atoms with Crippen LogP contribution in [0.2, 0.25) is 0 Å². The second-order valence-corrected chi connectivity index (χ2v) is 5.03. The van der Waals surface area contributed by atoms with Crippen molar-refractivity contribution in [2.24, 2.45) is 0 Å². The van der Waals surface area contributed by atoms with Crippen molar-refractivity contribution in [2.45, 2.75) is 38.6 Å². The fraction of sp³-hybridized carbons (Fsp3) is 0.600. The summed E-state index contributed by atoms with van der Waals surface area (Å²) in [6.45, 7) is 5.51. The highest BCUT2D eigenvalue weighted by Crippen LogP contribution is 2.18. The molecule has 1 N–H and O–H groups in total. The van der Waals surface area contributed by atoms with E-state index in [0.29, 0.717) is 0 Å². The summed E-state index contributed by atoms with van der Waals surface area (Å²) in [5, 5.41) is 3.36. The zero-order valence-electron chi connectivity index (χ0n) is 11.2. The summed E-state index contributed by atoms with van der Waals surface area (Å²) in [4.78, 5) is 2.58. The van der Waals surface area contributed by atoms with Crippen molar-refractivity contribution < 1.29 is 4.39 Å². The maximum atomic E-state index is 12.8. The minimum absolute atomic E-state index is 0.178. The summed E-state index contributed by atoms with van der Waals surface area (Å²) >= 11 is 0. The minimum atomic E-state index is -0.178. The molecule has 0 aromatic heterocycles. The van der Waals surface area contributed by atoms with E-state index < -0.39 is 0 Å². The first-order valence-corrected chi connectivity index (χ1v) is 7.03. The molecule has 1 saturated heterocycles. The molecule has 1 unspecified atom stereocenters. The van der Waals surface area contributed by atoms with Crippen molar-refractivity contribution in [1.29, 1.82) is 0 Å². The third-order valence-corrected chi connectivity index (χ3v) is 3.79. The van der Waals surface area contributed by atoms with E-state index >= 15 is 0 Å². The van der Waals surface area contributed by atoms with Crippen molar-refractivity contribution in [1.82, 2.24) is 4.90 Å². The predicted molar refractivity (Wildman–Crippen MR) is 74.4 cm³/mol. The molecule has 0 saturated carbocycles. The van der Waals surface area contributed by atoms with Gasteiger partial charge in [0.1, 0.15) is 5.82 Å². The lowest BCUT2D eigenvalue weighted by Gasteiger charge is -2.35. The Balaban J connectivity index is 1.75. The van der Waals surface area contributed by atoms with Crippen LogP contribution in [0.1, 0.15) is 32.6 Å². The molecule has 2 rings (SSSR count). The third-order valence-electron chi connectivity index (χ3n) is 3.79. The number of nitrogens with one attached hydrogen (secondary N) is 1. The number of rotatable bonds is 5. The van der Waals surface area contributed by atoms with Crippen LogP contribution in [0.15, 0.2) is 24.3 Å². The highest BCUT2D eigenvalue weighted by Gasteiger charge is 2.19. The van der Waals surface area contributed by atoms with Crippen LogP contribution < -0.4 is 5.32 Å². The number of nitrogens with zero attached hydrogens (tertiary/aromatic N) is 1. The lowest BCUT2D eigenvalue weighted by atomic mass is 10.0. The first-order chi connectivity index (χ1) is 8.79. The predicted octanol–water partition coefficient (Wildman–Crippen LogP) is 3.50. The van der Waals surface area contributed by atoms with E-state index in [-0.39, 0.29) is 5.82 Å². The number of benzene rings is 1. The summed E-state index contributed by atoms with van der Waals surface area (Å²) < 4.78 is 12.8. The Morgan fingerprint density at radius 3 is 2.78 bits per heavy atom. The van der Waals surface area contributed by atoms with Gasteiger partial charge in [-0.15, -0.1) is 0 Å². The van der Waals surface area contributed by atoms with Gasteiger partial charge in [-0.3, -0.25) is 4.90 Å². The molecule has 0 bridgehead atoms. The average Bonchev–Trinajstić information content (AvgIpc) is 2.41. The van der Waals surface area contributed by atoms with Crippen LogP contribution in [-0.4, -0.2) is 30.6 Å². The molecule has 0 spiro atoms. The number of anilines is 1. The Bertz CT molecular complexity index is 350. The lowest BCUT2D eigenvalue weighted by Crippen LogP contribution is -2.41. The summed E-state index contributed by atoms with van der Waals surface area (Å²) in [6.07, 6.45) is 5.29. The molecular formula is C15H23FN2. The number of hydrogen-bond donors (Lipinski definition) is 1. The van der Waals surface area contributed by atoms with Crippen molar-refractivity contribution >= 4 is 5.69 Å². The maximum Gasteiger partial charge on any atom is 0.123 e. The largest absolute Gasteiger partial charge is 0.384 e. The van der Waals surface area contributed by atoms with Gasteiger partial charge in [-0.1, -0.05) is 13.3 Å². The molecule has 0 aliphatic carbocycles. The fourth-order valence-corrected chi connectivity index (χ4v) is 2.73. The van der Waals surface area contributed by atoms with Gasteiger partial charge >= 0.3 is 0 Å². The van der Waals surface area contributed by atoms with Crippen molar-refractivity contribution in [3.63, 3.8) is 0 Å². The van der Waals surface area contributed by atoms with Crippen molar-refractivity contribution in [3.05, 3.63) is 30.1 Å². The van der Waals surface area contributed by atoms with Gasteiger partial charge in [0.2, 0.25) is 0 Å². The first kappa shape index (κ1) is 13.3. The molecule has 0 radical (unpaired) electrons. The molecular weight excluding hydrogens is 227 g/mol. The van der Waals surface area contributed by atoms with E-state index in [1.807, 2.05) is 0 Å². The van der Waals surface area contributed by atoms with Gasteiger partial charge in [-0.2, -0.15) is 0 Å². The smallest absolute Gasteiger partial charge is 0.123 e. The molecule has 2 nitrogen and oxygen atoms in total. The molecule has 1 fully saturated rings. The molecule has 1 aliphatic rings. The maximum absolute atomic E-state index is 12.8. The van der Waals surface area contributed by atoms with Crippen molar-refractivity contribution in [3.8, 4) is 0 Å². The molecule has 1 aromatic carbocycles. The van der Waals surface area contributed by atoms with E-state index in [9.17, 15) is 4.39 Å². The van der Waals surface area contributed by atoms with E-state index in [1.165, 1.54) is 44.4 Å². The topological polar surface area (TPSA) is 15.3 Å². The van der Waals surface area contributed by atoms with E-state index in [4.69, 9.17) is 0 Å². The minimum Gasteiger partial charge on any atom is -0.384 e. The summed E-state index contributed by atoms with van der Waals surface area (Å²) in [5.41, 5.74) is 1.00. The van der Waals surface area contributed by atoms with Crippen LogP contribution in [0.3, 0.4) is 0 Å². The molecule has 100 valence electrons. The van der Waals surface area contributed by atoms with Crippen LogP contribution in [-0.2, 0) is 0 Å². The van der Waals surface area contributed by atoms with Crippen LogP contribution in [0.25, 0.3) is 0 Å². The molecule has 1 aliphatic heterocycles. The van der Waals surface area contributed by atoms with Gasteiger partial charge in [0.15, 0.2) is 0 Å². The Labute approximate surface area is 109 Å². The summed E-state index contributed by atoms with van der Waals surface area (Å²) in [7, 11) is 0. The second kappa shape index (κ2) is 6.74. The van der Waals surface area contributed by atoms with Crippen LogP contribution in [0.4, 0.5) is 10.1 Å². The molecule has 0 amide bonds. The number of piperidine rings is 1. The lowest BCUT2D eigenvalue weighted by molar-refractivity contribution is 0.150.